The van der Waals surface area contributed by atoms with E-state index in [0.717, 1.165) is 5.76 Å². The van der Waals surface area contributed by atoms with Crippen molar-refractivity contribution in [2.75, 3.05) is 5.32 Å². The number of hydrogen-bond donors (Lipinski definition) is 2. The average molecular weight is 260 g/mol. The van der Waals surface area contributed by atoms with Gasteiger partial charge in [0.05, 0.1) is 5.57 Å². The van der Waals surface area contributed by atoms with Crippen LogP contribution < -0.4 is 11.1 Å². The molecule has 19 heavy (non-hydrogen) atoms. The number of nitrogens with two attached hydrogens (primary N) is 1. The van der Waals surface area contributed by atoms with Crippen LogP contribution >= 0.6 is 0 Å². The van der Waals surface area contributed by atoms with E-state index in [4.69, 9.17) is 10.2 Å². The van der Waals surface area contributed by atoms with Crippen molar-refractivity contribution in [3.63, 3.8) is 0 Å². The number of allylic oxidation sites excluding steroid dienone is 1. The van der Waals surface area contributed by atoms with Crippen molar-refractivity contribution in [1.82, 2.24) is 20.2 Å². The zero-order valence-corrected chi connectivity index (χ0v) is 10.4. The van der Waals surface area contributed by atoms with Gasteiger partial charge >= 0.3 is 0 Å². The van der Waals surface area contributed by atoms with E-state index in [-0.39, 0.29) is 0 Å². The first-order valence-corrected chi connectivity index (χ1v) is 5.69. The van der Waals surface area contributed by atoms with E-state index in [2.05, 4.69) is 20.8 Å². The normalized spacial score (nSPS) is 18.1. The molecule has 2 aromatic heterocycles. The summed E-state index contributed by atoms with van der Waals surface area (Å²) in [5.41, 5.74) is 6.46. The number of carbonyl (C=O) groups is 1. The van der Waals surface area contributed by atoms with Crippen LogP contribution in [-0.4, -0.2) is 26.1 Å². The average Bonchev–Trinajstić information content (AvgIpc) is 2.95. The summed E-state index contributed by atoms with van der Waals surface area (Å²) in [7, 11) is 0. The monoisotopic (exact) mass is 260 g/mol. The Bertz CT molecular complexity index is 683. The maximum absolute atomic E-state index is 11.7. The van der Waals surface area contributed by atoms with Crippen LogP contribution in [0.2, 0.25) is 0 Å². The number of amides is 1. The van der Waals surface area contributed by atoms with Gasteiger partial charge in [-0.05, 0) is 36.4 Å². The molecule has 1 atom stereocenters. The Kier molecular flexibility index (Phi) is 2.37. The number of fused-ring (bicyclic) bond motifs is 1. The molecule has 0 aromatic carbocycles. The lowest BCUT2D eigenvalue weighted by Crippen LogP contribution is -2.31. The Hall–Kier alpha value is -2.64. The van der Waals surface area contributed by atoms with Crippen LogP contribution in [0.1, 0.15) is 24.5 Å². The Morgan fingerprint density at radius 2 is 2.26 bits per heavy atom. The second-order valence-corrected chi connectivity index (χ2v) is 4.33. The largest absolute Gasteiger partial charge is 0.464 e. The van der Waals surface area contributed by atoms with Gasteiger partial charge in [-0.25, -0.2) is 0 Å². The molecular formula is C11H12N6O2. The van der Waals surface area contributed by atoms with E-state index < -0.39 is 11.9 Å². The van der Waals surface area contributed by atoms with Crippen LogP contribution in [0.5, 0.6) is 0 Å². The quantitative estimate of drug-likeness (QED) is 0.805. The third-order valence-electron chi connectivity index (χ3n) is 3.01. The Morgan fingerprint density at radius 1 is 1.47 bits per heavy atom. The number of anilines is 1. The van der Waals surface area contributed by atoms with Gasteiger partial charge in [0.2, 0.25) is 11.9 Å². The Morgan fingerprint density at radius 3 is 2.89 bits per heavy atom. The molecule has 0 bridgehead atoms. The minimum atomic E-state index is -0.544. The number of nitrogens with zero attached hydrogens (tertiary/aromatic N) is 4. The van der Waals surface area contributed by atoms with Crippen molar-refractivity contribution in [2.24, 2.45) is 5.73 Å². The molecule has 0 radical (unpaired) electrons. The number of rotatable bonds is 2. The molecule has 0 aliphatic carbocycles. The van der Waals surface area contributed by atoms with Gasteiger partial charge in [-0.1, -0.05) is 5.10 Å². The van der Waals surface area contributed by atoms with Crippen molar-refractivity contribution < 1.29 is 9.21 Å². The minimum absolute atomic E-state index is 0.383. The van der Waals surface area contributed by atoms with Crippen molar-refractivity contribution >= 4 is 11.9 Å². The lowest BCUT2D eigenvalue weighted by molar-refractivity contribution is -0.115. The number of primary amides is 1. The second-order valence-electron chi connectivity index (χ2n) is 4.33. The van der Waals surface area contributed by atoms with Gasteiger partial charge in [0.15, 0.2) is 0 Å². The van der Waals surface area contributed by atoms with Gasteiger partial charge in [0.1, 0.15) is 17.6 Å². The standard InChI is InChI=1S/C11H12N6O2/c1-5-3-4-7(19-5)9-8(10(12)18)6(2)13-11-14-15-16-17(9)11/h3-4,9H,1-2H3,(H2,12,18)(H,13,14,16). The predicted molar refractivity (Wildman–Crippen MR) is 64.9 cm³/mol. The SMILES string of the molecule is CC1=C(C(N)=O)C(c2ccc(C)o2)n2nnnc2N1. The van der Waals surface area contributed by atoms with Crippen molar-refractivity contribution in [3.8, 4) is 0 Å². The third-order valence-corrected chi connectivity index (χ3v) is 3.01. The highest BCUT2D eigenvalue weighted by Gasteiger charge is 2.34. The number of hydrogen-bond acceptors (Lipinski definition) is 6. The van der Waals surface area contributed by atoms with Gasteiger partial charge in [0, 0.05) is 5.70 Å². The molecule has 3 N–H and O–H groups in total. The van der Waals surface area contributed by atoms with Gasteiger partial charge in [-0.15, -0.1) is 0 Å². The Balaban J connectivity index is 2.20. The first-order valence-electron chi connectivity index (χ1n) is 5.69. The summed E-state index contributed by atoms with van der Waals surface area (Å²) in [5, 5.41) is 14.3. The summed E-state index contributed by atoms with van der Waals surface area (Å²) in [6.07, 6.45) is 0. The summed E-state index contributed by atoms with van der Waals surface area (Å²) in [4.78, 5) is 11.7. The number of aryl methyl sites for hydroxylation is 1. The highest BCUT2D eigenvalue weighted by Crippen LogP contribution is 2.34. The third kappa shape index (κ3) is 1.68. The summed E-state index contributed by atoms with van der Waals surface area (Å²) >= 11 is 0. The molecule has 1 aliphatic rings. The lowest BCUT2D eigenvalue weighted by atomic mass is 10.0. The molecule has 3 heterocycles. The van der Waals surface area contributed by atoms with E-state index in [1.54, 1.807) is 13.0 Å². The van der Waals surface area contributed by atoms with Crippen molar-refractivity contribution in [3.05, 3.63) is 34.9 Å². The molecular weight excluding hydrogens is 248 g/mol. The second kappa shape index (κ2) is 3.94. The zero-order chi connectivity index (χ0) is 13.6. The molecule has 1 unspecified atom stereocenters. The van der Waals surface area contributed by atoms with E-state index in [9.17, 15) is 4.79 Å². The van der Waals surface area contributed by atoms with Crippen LogP contribution in [-0.2, 0) is 4.79 Å². The smallest absolute Gasteiger partial charge is 0.249 e. The van der Waals surface area contributed by atoms with Gasteiger partial charge in [-0.3, -0.25) is 4.79 Å². The maximum atomic E-state index is 11.7. The molecule has 0 saturated heterocycles. The zero-order valence-electron chi connectivity index (χ0n) is 10.4. The van der Waals surface area contributed by atoms with Crippen LogP contribution in [0, 0.1) is 6.92 Å². The summed E-state index contributed by atoms with van der Waals surface area (Å²) in [5.74, 6) is 1.22. The summed E-state index contributed by atoms with van der Waals surface area (Å²) in [6.45, 7) is 3.58. The fourth-order valence-electron chi connectivity index (χ4n) is 2.19. The highest BCUT2D eigenvalue weighted by atomic mass is 16.3. The number of carbonyl (C=O) groups excluding carboxylic acids is 1. The maximum Gasteiger partial charge on any atom is 0.249 e. The van der Waals surface area contributed by atoms with Gasteiger partial charge in [-0.2, -0.15) is 4.68 Å². The van der Waals surface area contributed by atoms with Gasteiger partial charge in [0.25, 0.3) is 0 Å². The number of aromatic nitrogens is 4. The summed E-state index contributed by atoms with van der Waals surface area (Å²) in [6, 6.07) is 3.06. The van der Waals surface area contributed by atoms with E-state index in [1.807, 2.05) is 13.0 Å². The molecule has 8 heteroatoms. The molecule has 98 valence electrons. The number of tetrazole rings is 1. The summed E-state index contributed by atoms with van der Waals surface area (Å²) < 4.78 is 7.07. The lowest BCUT2D eigenvalue weighted by Gasteiger charge is -2.24. The molecule has 3 rings (SSSR count). The van der Waals surface area contributed by atoms with Crippen LogP contribution in [0.4, 0.5) is 5.95 Å². The van der Waals surface area contributed by atoms with Crippen molar-refractivity contribution in [2.45, 2.75) is 19.9 Å². The van der Waals surface area contributed by atoms with Crippen LogP contribution in [0.15, 0.2) is 27.8 Å². The first kappa shape index (κ1) is 11.5. The topological polar surface area (TPSA) is 112 Å². The molecule has 2 aromatic rings. The highest BCUT2D eigenvalue weighted by molar-refractivity contribution is 5.95. The van der Waals surface area contributed by atoms with E-state index in [0.29, 0.717) is 23.0 Å². The van der Waals surface area contributed by atoms with Crippen LogP contribution in [0.3, 0.4) is 0 Å². The van der Waals surface area contributed by atoms with Crippen molar-refractivity contribution in [1.29, 1.82) is 0 Å². The van der Waals surface area contributed by atoms with Gasteiger partial charge < -0.3 is 15.5 Å². The van der Waals surface area contributed by atoms with E-state index >= 15 is 0 Å². The Labute approximate surface area is 108 Å². The number of nitrogens with one attached hydrogen (secondary N) is 1. The molecule has 8 nitrogen and oxygen atoms in total. The molecule has 0 saturated carbocycles. The fraction of sp³-hybridized carbons (Fsp3) is 0.273. The molecule has 0 spiro atoms. The molecule has 0 fully saturated rings. The molecule has 1 amide bonds. The first-order chi connectivity index (χ1) is 9.08. The predicted octanol–water partition coefficient (Wildman–Crippen LogP) is 0.349. The fourth-order valence-corrected chi connectivity index (χ4v) is 2.19. The van der Waals surface area contributed by atoms with Crippen LogP contribution in [0.25, 0.3) is 0 Å². The minimum Gasteiger partial charge on any atom is -0.464 e. The molecule has 1 aliphatic heterocycles. The van der Waals surface area contributed by atoms with E-state index in [1.165, 1.54) is 4.68 Å². The number of furan rings is 1.